The molecule has 220 valence electrons. The predicted molar refractivity (Wildman–Crippen MR) is 143 cm³/mol. The Morgan fingerprint density at radius 1 is 1.11 bits per heavy atom. The molecule has 0 spiro atoms. The number of rotatable bonds is 3. The van der Waals surface area contributed by atoms with E-state index in [-0.39, 0.29) is 42.3 Å². The van der Waals surface area contributed by atoms with Gasteiger partial charge in [-0.05, 0) is 59.5 Å². The number of likely N-dealkylation sites (N-methyl/N-ethyl adjacent to an activating group) is 1. The number of fused-ring (bicyclic) bond motifs is 1. The van der Waals surface area contributed by atoms with Crippen LogP contribution in [-0.2, 0) is 19.1 Å². The van der Waals surface area contributed by atoms with E-state index in [0.29, 0.717) is 25.9 Å². The van der Waals surface area contributed by atoms with Gasteiger partial charge in [0.1, 0.15) is 6.10 Å². The third-order valence-corrected chi connectivity index (χ3v) is 8.93. The lowest BCUT2D eigenvalue weighted by Gasteiger charge is -2.47. The van der Waals surface area contributed by atoms with Gasteiger partial charge in [0, 0.05) is 44.6 Å². The fraction of sp³-hybridized carbons (Fsp3) is 0.929. The van der Waals surface area contributed by atoms with Crippen molar-refractivity contribution in [2.24, 2.45) is 17.8 Å². The highest BCUT2D eigenvalue weighted by Gasteiger charge is 2.48. The summed E-state index contributed by atoms with van der Waals surface area (Å²) in [5.41, 5.74) is -1.44. The molecule has 0 saturated carbocycles. The molecule has 3 heterocycles. The number of hydrogen-bond donors (Lipinski definition) is 3. The number of carbonyl (C=O) groups excluding carboxylic acids is 2. The summed E-state index contributed by atoms with van der Waals surface area (Å²) in [6.45, 7) is 10.0. The van der Waals surface area contributed by atoms with E-state index in [1.807, 2.05) is 32.8 Å². The van der Waals surface area contributed by atoms with E-state index in [1.54, 1.807) is 37.6 Å². The molecule has 3 N–H and O–H groups in total. The average molecular weight is 542 g/mol. The van der Waals surface area contributed by atoms with Gasteiger partial charge in [0.05, 0.1) is 29.8 Å². The molecule has 38 heavy (non-hydrogen) atoms. The van der Waals surface area contributed by atoms with Crippen molar-refractivity contribution in [3.63, 3.8) is 0 Å². The Balaban J connectivity index is 1.95. The van der Waals surface area contributed by atoms with Gasteiger partial charge in [0.2, 0.25) is 11.8 Å². The Bertz CT molecular complexity index is 824. The summed E-state index contributed by atoms with van der Waals surface area (Å²) in [7, 11) is 5.55. The molecule has 0 unspecified atom stereocenters. The summed E-state index contributed by atoms with van der Waals surface area (Å²) in [4.78, 5) is 31.9. The molecule has 3 aliphatic heterocycles. The van der Waals surface area contributed by atoms with E-state index in [0.717, 1.165) is 12.8 Å². The molecule has 11 atom stereocenters. The van der Waals surface area contributed by atoms with E-state index in [4.69, 9.17) is 9.47 Å². The third kappa shape index (κ3) is 6.88. The predicted octanol–water partition coefficient (Wildman–Crippen LogP) is 1.06. The highest BCUT2D eigenvalue weighted by atomic mass is 16.7. The smallest absolute Gasteiger partial charge is 0.228 e. The van der Waals surface area contributed by atoms with Crippen molar-refractivity contribution in [1.29, 1.82) is 0 Å². The van der Waals surface area contributed by atoms with Gasteiger partial charge >= 0.3 is 0 Å². The first-order valence-corrected chi connectivity index (χ1v) is 14.2. The normalized spacial score (nSPS) is 44.3. The van der Waals surface area contributed by atoms with Crippen LogP contribution in [0.5, 0.6) is 0 Å². The van der Waals surface area contributed by atoms with Crippen molar-refractivity contribution in [1.82, 2.24) is 14.7 Å². The monoisotopic (exact) mass is 541 g/mol. The van der Waals surface area contributed by atoms with Crippen molar-refractivity contribution < 1.29 is 34.4 Å². The maximum Gasteiger partial charge on any atom is 0.228 e. The van der Waals surface area contributed by atoms with Crippen LogP contribution in [0.1, 0.15) is 66.7 Å². The van der Waals surface area contributed by atoms with Crippen LogP contribution in [0.15, 0.2) is 0 Å². The topological polar surface area (TPSA) is 123 Å². The summed E-state index contributed by atoms with van der Waals surface area (Å²) in [6.07, 6.45) is -1.42. The van der Waals surface area contributed by atoms with Crippen molar-refractivity contribution in [3.05, 3.63) is 0 Å². The lowest BCUT2D eigenvalue weighted by atomic mass is 9.77. The lowest BCUT2D eigenvalue weighted by molar-refractivity contribution is -0.299. The second-order valence-electron chi connectivity index (χ2n) is 12.7. The van der Waals surface area contributed by atoms with E-state index in [1.165, 1.54) is 0 Å². The van der Waals surface area contributed by atoms with E-state index in [9.17, 15) is 24.9 Å². The Morgan fingerprint density at radius 2 is 1.76 bits per heavy atom. The minimum atomic E-state index is -1.44. The SMILES string of the molecule is C[C@@H]1CN(C)C(=O)C[C@@H]2CCCN2C(=O)[C@H](C)[C@@H](O)[C@H](C)[C@@H](O[C@@H]2O[C@H](C)C[C@H](N(C)C)[C@H]2O)[C@](C)(O)C1. The standard InChI is InChI=1S/C28H51N3O7/c1-16-14-28(5,36)25(38-27-24(34)21(29(6)7)12-17(2)37-27)18(3)23(33)19(4)26(35)31-11-9-10-20(31)13-22(32)30(8)15-16/h16-21,23-25,27,33-34,36H,9-15H2,1-8H3/t16-,17+,18-,19+,20-,21-,23-,24+,25+,27-,28+/m0/s1. The zero-order valence-electron chi connectivity index (χ0n) is 24.5. The molecular weight excluding hydrogens is 490 g/mol. The maximum absolute atomic E-state index is 13.5. The highest BCUT2D eigenvalue weighted by Crippen LogP contribution is 2.36. The van der Waals surface area contributed by atoms with Crippen LogP contribution in [0, 0.1) is 17.8 Å². The Kier molecular flexibility index (Phi) is 10.3. The molecule has 0 aromatic carbocycles. The van der Waals surface area contributed by atoms with E-state index in [2.05, 4.69) is 0 Å². The Morgan fingerprint density at radius 3 is 2.39 bits per heavy atom. The second kappa shape index (κ2) is 12.5. The van der Waals surface area contributed by atoms with Crippen LogP contribution in [0.25, 0.3) is 0 Å². The molecular formula is C28H51N3O7. The average Bonchev–Trinajstić information content (AvgIpc) is 3.28. The number of ether oxygens (including phenoxy) is 2. The van der Waals surface area contributed by atoms with Gasteiger partial charge in [-0.25, -0.2) is 0 Å². The van der Waals surface area contributed by atoms with Crippen LogP contribution in [0.4, 0.5) is 0 Å². The van der Waals surface area contributed by atoms with Crippen molar-refractivity contribution in [3.8, 4) is 0 Å². The maximum atomic E-state index is 13.5. The van der Waals surface area contributed by atoms with Gasteiger partial charge in [-0.2, -0.15) is 0 Å². The second-order valence-corrected chi connectivity index (χ2v) is 12.7. The number of nitrogens with zero attached hydrogens (tertiary/aromatic N) is 3. The molecule has 3 aliphatic rings. The van der Waals surface area contributed by atoms with Gasteiger partial charge in [-0.1, -0.05) is 20.8 Å². The number of aliphatic hydroxyl groups is 3. The van der Waals surface area contributed by atoms with Gasteiger partial charge in [-0.15, -0.1) is 0 Å². The number of aliphatic hydroxyl groups excluding tert-OH is 2. The van der Waals surface area contributed by atoms with Crippen LogP contribution in [0.2, 0.25) is 0 Å². The number of amides is 2. The van der Waals surface area contributed by atoms with Gasteiger partial charge in [-0.3, -0.25) is 9.59 Å². The summed E-state index contributed by atoms with van der Waals surface area (Å²) in [6, 6.07) is -0.371. The summed E-state index contributed by atoms with van der Waals surface area (Å²) < 4.78 is 12.4. The Hall–Kier alpha value is -1.30. The molecule has 10 heteroatoms. The summed E-state index contributed by atoms with van der Waals surface area (Å²) >= 11 is 0. The fourth-order valence-corrected chi connectivity index (χ4v) is 6.83. The van der Waals surface area contributed by atoms with Gasteiger partial charge < -0.3 is 39.5 Å². The molecule has 3 saturated heterocycles. The minimum Gasteiger partial charge on any atom is -0.392 e. The fourth-order valence-electron chi connectivity index (χ4n) is 6.83. The van der Waals surface area contributed by atoms with Crippen LogP contribution >= 0.6 is 0 Å². The number of hydrogen-bond acceptors (Lipinski definition) is 8. The zero-order valence-corrected chi connectivity index (χ0v) is 24.5. The molecule has 0 aromatic heterocycles. The first-order valence-electron chi connectivity index (χ1n) is 14.2. The minimum absolute atomic E-state index is 0.0323. The molecule has 3 fully saturated rings. The van der Waals surface area contributed by atoms with Crippen molar-refractivity contribution in [2.45, 2.75) is 115 Å². The molecule has 0 aliphatic carbocycles. The highest BCUT2D eigenvalue weighted by molar-refractivity contribution is 5.82. The third-order valence-electron chi connectivity index (χ3n) is 8.93. The lowest BCUT2D eigenvalue weighted by Crippen LogP contribution is -2.59. The van der Waals surface area contributed by atoms with E-state index >= 15 is 0 Å². The van der Waals surface area contributed by atoms with Crippen LogP contribution in [0.3, 0.4) is 0 Å². The zero-order chi connectivity index (χ0) is 28.5. The Labute approximate surface area is 228 Å². The largest absolute Gasteiger partial charge is 0.392 e. The first-order chi connectivity index (χ1) is 17.6. The molecule has 3 rings (SSSR count). The first kappa shape index (κ1) is 31.2. The van der Waals surface area contributed by atoms with Crippen molar-refractivity contribution in [2.75, 3.05) is 34.2 Å². The van der Waals surface area contributed by atoms with Gasteiger partial charge in [0.25, 0.3) is 0 Å². The van der Waals surface area contributed by atoms with E-state index < -0.39 is 42.0 Å². The molecule has 0 radical (unpaired) electrons. The van der Waals surface area contributed by atoms with Crippen LogP contribution < -0.4 is 0 Å². The molecule has 2 amide bonds. The summed E-state index contributed by atoms with van der Waals surface area (Å²) in [5, 5.41) is 34.4. The molecule has 0 bridgehead atoms. The quantitative estimate of drug-likeness (QED) is 0.485. The molecule has 10 nitrogen and oxygen atoms in total. The molecule has 0 aromatic rings. The van der Waals surface area contributed by atoms with Crippen LogP contribution in [-0.4, -0.2) is 124 Å². The van der Waals surface area contributed by atoms with Gasteiger partial charge in [0.15, 0.2) is 6.29 Å². The summed E-state index contributed by atoms with van der Waals surface area (Å²) in [5.74, 6) is -1.70. The van der Waals surface area contributed by atoms with Crippen molar-refractivity contribution >= 4 is 11.8 Å². The number of carbonyl (C=O) groups is 2.